The lowest BCUT2D eigenvalue weighted by Crippen LogP contribution is -2.16. The molecule has 0 fully saturated rings. The highest BCUT2D eigenvalue weighted by molar-refractivity contribution is 7.45. The average molecular weight is 383 g/mol. The molecule has 0 saturated heterocycles. The number of hydrogen-bond acceptors (Lipinski definition) is 5. The molecule has 6 nitrogen and oxygen atoms in total. The molecule has 3 N–H and O–H groups in total. The molecule has 1 amide bonds. The maximum Gasteiger partial charge on any atom is 0.348 e. The van der Waals surface area contributed by atoms with E-state index >= 15 is 0 Å². The summed E-state index contributed by atoms with van der Waals surface area (Å²) in [6.45, 7) is 3.92. The molecule has 2 aromatic carbocycles. The summed E-state index contributed by atoms with van der Waals surface area (Å²) < 4.78 is 10.9. The van der Waals surface area contributed by atoms with Gasteiger partial charge in [0, 0.05) is 28.9 Å². The monoisotopic (exact) mass is 382 g/mol. The first-order valence-electron chi connectivity index (χ1n) is 7.61. The number of likely N-dealkylation sites (N-methyl/N-ethyl adjacent to an activating group) is 1. The zero-order valence-electron chi connectivity index (χ0n) is 13.7. The van der Waals surface area contributed by atoms with Crippen molar-refractivity contribution in [1.29, 1.82) is 0 Å². The molecule has 2 rings (SSSR count). The number of amides is 1. The summed E-state index contributed by atoms with van der Waals surface area (Å²) >= 11 is 5.81. The molecule has 0 spiro atoms. The van der Waals surface area contributed by atoms with E-state index in [2.05, 4.69) is 10.6 Å². The SMILES string of the molecule is CCNCCO.O=C(Nc1cccc(Cl)c1)c1cccc([P+](=O)[O-])c1. The lowest BCUT2D eigenvalue weighted by atomic mass is 10.2. The highest BCUT2D eigenvalue weighted by Gasteiger charge is 2.12. The van der Waals surface area contributed by atoms with Gasteiger partial charge in [0.2, 0.25) is 0 Å². The molecule has 0 saturated carbocycles. The van der Waals surface area contributed by atoms with Gasteiger partial charge in [0.1, 0.15) is 0 Å². The summed E-state index contributed by atoms with van der Waals surface area (Å²) in [7, 11) is -2.70. The van der Waals surface area contributed by atoms with Crippen LogP contribution in [0.15, 0.2) is 48.5 Å². The van der Waals surface area contributed by atoms with E-state index in [0.29, 0.717) is 10.7 Å². The summed E-state index contributed by atoms with van der Waals surface area (Å²) in [5.74, 6) is -0.388. The first-order valence-corrected chi connectivity index (χ1v) is 9.16. The number of benzene rings is 2. The molecule has 0 aromatic heterocycles. The van der Waals surface area contributed by atoms with Gasteiger partial charge in [0.15, 0.2) is 5.30 Å². The number of halogens is 1. The Hall–Kier alpha value is -1.82. The van der Waals surface area contributed by atoms with Crippen LogP contribution in [-0.4, -0.2) is 30.7 Å². The first-order chi connectivity index (χ1) is 12.0. The Kier molecular flexibility index (Phi) is 9.92. The second-order valence-corrected chi connectivity index (χ2v) is 6.32. The van der Waals surface area contributed by atoms with Crippen LogP contribution in [-0.2, 0) is 4.57 Å². The lowest BCUT2D eigenvalue weighted by Gasteiger charge is -2.05. The van der Waals surface area contributed by atoms with Gasteiger partial charge in [-0.2, -0.15) is 0 Å². The van der Waals surface area contributed by atoms with Crippen molar-refractivity contribution in [3.8, 4) is 0 Å². The van der Waals surface area contributed by atoms with Crippen molar-refractivity contribution >= 4 is 36.5 Å². The van der Waals surface area contributed by atoms with Crippen LogP contribution in [0.2, 0.25) is 5.02 Å². The predicted molar refractivity (Wildman–Crippen MR) is 98.7 cm³/mol. The maximum atomic E-state index is 11.9. The van der Waals surface area contributed by atoms with Crippen LogP contribution in [0.5, 0.6) is 0 Å². The van der Waals surface area contributed by atoms with Crippen LogP contribution >= 0.6 is 19.6 Å². The van der Waals surface area contributed by atoms with Gasteiger partial charge >= 0.3 is 8.03 Å². The van der Waals surface area contributed by atoms with Gasteiger partial charge in [-0.25, -0.2) is 0 Å². The van der Waals surface area contributed by atoms with Crippen LogP contribution in [0.3, 0.4) is 0 Å². The quantitative estimate of drug-likeness (QED) is 0.523. The summed E-state index contributed by atoms with van der Waals surface area (Å²) in [5, 5.41) is 14.3. The second-order valence-electron chi connectivity index (χ2n) is 4.85. The van der Waals surface area contributed by atoms with E-state index in [0.717, 1.165) is 13.1 Å². The van der Waals surface area contributed by atoms with Crippen LogP contribution < -0.4 is 20.8 Å². The Morgan fingerprint density at radius 3 is 2.52 bits per heavy atom. The van der Waals surface area contributed by atoms with E-state index in [-0.39, 0.29) is 23.4 Å². The van der Waals surface area contributed by atoms with Gasteiger partial charge in [-0.3, -0.25) is 4.79 Å². The Morgan fingerprint density at radius 1 is 1.24 bits per heavy atom. The number of nitrogens with one attached hydrogen (secondary N) is 2. The molecule has 0 aliphatic heterocycles. The van der Waals surface area contributed by atoms with Crippen molar-refractivity contribution in [2.75, 3.05) is 25.0 Å². The molecule has 25 heavy (non-hydrogen) atoms. The van der Waals surface area contributed by atoms with Crippen molar-refractivity contribution in [3.05, 3.63) is 59.1 Å². The van der Waals surface area contributed by atoms with Gasteiger partial charge in [-0.15, -0.1) is 0 Å². The highest BCUT2D eigenvalue weighted by Crippen LogP contribution is 2.16. The van der Waals surface area contributed by atoms with Crippen molar-refractivity contribution < 1.29 is 19.4 Å². The van der Waals surface area contributed by atoms with Crippen molar-refractivity contribution in [2.45, 2.75) is 6.92 Å². The van der Waals surface area contributed by atoms with E-state index in [9.17, 15) is 14.3 Å². The summed E-state index contributed by atoms with van der Waals surface area (Å²) in [4.78, 5) is 22.8. The molecular formula is C17H20ClN2O4P. The van der Waals surface area contributed by atoms with Crippen LogP contribution in [0.25, 0.3) is 0 Å². The molecule has 0 heterocycles. The highest BCUT2D eigenvalue weighted by atomic mass is 35.5. The lowest BCUT2D eigenvalue weighted by molar-refractivity contribution is -0.160. The van der Waals surface area contributed by atoms with Gasteiger partial charge in [0.05, 0.1) is 6.61 Å². The summed E-state index contributed by atoms with van der Waals surface area (Å²) in [5.41, 5.74) is 0.825. The minimum absolute atomic E-state index is 0.105. The normalized spacial score (nSPS) is 10.5. The fraction of sp³-hybridized carbons (Fsp3) is 0.235. The van der Waals surface area contributed by atoms with Gasteiger partial charge < -0.3 is 20.6 Å². The largest absolute Gasteiger partial charge is 0.591 e. The minimum atomic E-state index is -2.70. The average Bonchev–Trinajstić information content (AvgIpc) is 2.60. The summed E-state index contributed by atoms with van der Waals surface area (Å²) in [6.07, 6.45) is 0. The van der Waals surface area contributed by atoms with E-state index in [1.54, 1.807) is 30.3 Å². The number of hydrogen-bond donors (Lipinski definition) is 3. The number of rotatable bonds is 6. The Balaban J connectivity index is 0.000000450. The Morgan fingerprint density at radius 2 is 1.96 bits per heavy atom. The molecule has 0 radical (unpaired) electrons. The van der Waals surface area contributed by atoms with Crippen molar-refractivity contribution in [1.82, 2.24) is 5.32 Å². The third-order valence-electron chi connectivity index (χ3n) is 2.94. The van der Waals surface area contributed by atoms with Gasteiger partial charge in [-0.05, 0) is 36.9 Å². The molecule has 1 unspecified atom stereocenters. The van der Waals surface area contributed by atoms with Crippen LogP contribution in [0.1, 0.15) is 17.3 Å². The number of aliphatic hydroxyl groups is 1. The number of anilines is 1. The molecule has 2 aromatic rings. The standard InChI is InChI=1S/C13H9ClNO3P.C4H11NO/c14-10-4-2-5-11(8-10)15-13(16)9-3-1-6-12(7-9)19(17)18;1-2-5-3-4-6/h1-8H,(H,15,16);5-6H,2-4H2,1H3. The van der Waals surface area contributed by atoms with Crippen molar-refractivity contribution in [2.24, 2.45) is 0 Å². The predicted octanol–water partition coefficient (Wildman–Crippen LogP) is 1.91. The van der Waals surface area contributed by atoms with E-state index in [1.807, 2.05) is 6.92 Å². The van der Waals surface area contributed by atoms with Gasteiger partial charge in [0.25, 0.3) is 5.91 Å². The number of aliphatic hydroxyl groups excluding tert-OH is 1. The maximum absolute atomic E-state index is 11.9. The topological polar surface area (TPSA) is 101 Å². The Labute approximate surface area is 152 Å². The van der Waals surface area contributed by atoms with Crippen LogP contribution in [0, 0.1) is 0 Å². The second kappa shape index (κ2) is 11.7. The zero-order valence-corrected chi connectivity index (χ0v) is 15.4. The number of carbonyl (C=O) groups is 1. The molecular weight excluding hydrogens is 363 g/mol. The molecule has 8 heteroatoms. The van der Waals surface area contributed by atoms with E-state index in [1.165, 1.54) is 18.2 Å². The molecule has 0 bridgehead atoms. The zero-order chi connectivity index (χ0) is 18.7. The fourth-order valence-corrected chi connectivity index (χ4v) is 2.43. The summed E-state index contributed by atoms with van der Waals surface area (Å²) in [6, 6.07) is 12.5. The third-order valence-corrected chi connectivity index (χ3v) is 3.88. The van der Waals surface area contributed by atoms with E-state index < -0.39 is 8.03 Å². The van der Waals surface area contributed by atoms with Gasteiger partial charge in [-0.1, -0.05) is 35.2 Å². The number of carbonyl (C=O) groups excluding carboxylic acids is 1. The molecule has 1 atom stereocenters. The fourth-order valence-electron chi connectivity index (χ4n) is 1.79. The smallest absolute Gasteiger partial charge is 0.348 e. The van der Waals surface area contributed by atoms with Crippen LogP contribution in [0.4, 0.5) is 5.69 Å². The Bertz CT molecular complexity index is 709. The molecule has 0 aliphatic rings. The van der Waals surface area contributed by atoms with Crippen molar-refractivity contribution in [3.63, 3.8) is 0 Å². The van der Waals surface area contributed by atoms with E-state index in [4.69, 9.17) is 16.7 Å². The molecule has 0 aliphatic carbocycles. The first kappa shape index (κ1) is 21.2. The minimum Gasteiger partial charge on any atom is -0.591 e. The third kappa shape index (κ3) is 8.20. The molecule has 134 valence electrons.